The zero-order valence-corrected chi connectivity index (χ0v) is 15.3. The van der Waals surface area contributed by atoms with Crippen molar-refractivity contribution in [2.24, 2.45) is 0 Å². The molecule has 0 atom stereocenters. The van der Waals surface area contributed by atoms with E-state index in [1.807, 2.05) is 58.0 Å². The number of pyridine rings is 1. The maximum Gasteiger partial charge on any atom is 0.270 e. The maximum absolute atomic E-state index is 12.6. The van der Waals surface area contributed by atoms with E-state index >= 15 is 0 Å². The van der Waals surface area contributed by atoms with E-state index in [1.165, 1.54) is 0 Å². The van der Waals surface area contributed by atoms with Crippen LogP contribution in [0.2, 0.25) is 0 Å². The van der Waals surface area contributed by atoms with Crippen molar-refractivity contribution in [2.75, 3.05) is 0 Å². The lowest BCUT2D eigenvalue weighted by atomic mass is 10.0. The molecule has 0 aliphatic heterocycles. The monoisotopic (exact) mass is 347 g/mol. The molecule has 132 valence electrons. The number of benzene rings is 2. The molecular formula is C21H21N3O2. The fourth-order valence-electron chi connectivity index (χ4n) is 2.98. The van der Waals surface area contributed by atoms with E-state index < -0.39 is 0 Å². The number of nitrogens with one attached hydrogen (secondary N) is 2. The fraction of sp³-hybridized carbons (Fsp3) is 0.190. The topological polar surface area (TPSA) is 71.1 Å². The molecule has 0 unspecified atom stereocenters. The van der Waals surface area contributed by atoms with Crippen LogP contribution in [0.5, 0.6) is 0 Å². The third-order valence-electron chi connectivity index (χ3n) is 4.25. The van der Waals surface area contributed by atoms with Gasteiger partial charge in [-0.05, 0) is 57.5 Å². The van der Waals surface area contributed by atoms with Gasteiger partial charge in [0.2, 0.25) is 0 Å². The van der Waals surface area contributed by atoms with E-state index in [2.05, 4.69) is 15.8 Å². The first-order chi connectivity index (χ1) is 12.3. The molecule has 0 saturated carbocycles. The highest BCUT2D eigenvalue weighted by Crippen LogP contribution is 2.20. The number of hydrogen-bond donors (Lipinski definition) is 2. The zero-order valence-electron chi connectivity index (χ0n) is 15.3. The van der Waals surface area contributed by atoms with Gasteiger partial charge in [-0.15, -0.1) is 0 Å². The molecule has 0 radical (unpaired) electrons. The van der Waals surface area contributed by atoms with Gasteiger partial charge in [0, 0.05) is 16.6 Å². The Balaban J connectivity index is 1.83. The minimum Gasteiger partial charge on any atom is -0.267 e. The Hall–Kier alpha value is -3.21. The van der Waals surface area contributed by atoms with Gasteiger partial charge in [0.1, 0.15) is 0 Å². The van der Waals surface area contributed by atoms with Gasteiger partial charge in [-0.2, -0.15) is 0 Å². The van der Waals surface area contributed by atoms with Crippen LogP contribution in [0.15, 0.2) is 42.5 Å². The largest absolute Gasteiger partial charge is 0.270 e. The number of carbonyl (C=O) groups excluding carboxylic acids is 2. The van der Waals surface area contributed by atoms with Gasteiger partial charge in [0.25, 0.3) is 11.8 Å². The zero-order chi connectivity index (χ0) is 18.8. The van der Waals surface area contributed by atoms with Crippen LogP contribution in [0.4, 0.5) is 0 Å². The predicted molar refractivity (Wildman–Crippen MR) is 102 cm³/mol. The molecule has 0 aliphatic carbocycles. The van der Waals surface area contributed by atoms with Gasteiger partial charge < -0.3 is 0 Å². The van der Waals surface area contributed by atoms with Gasteiger partial charge in [-0.3, -0.25) is 25.4 Å². The highest BCUT2D eigenvalue weighted by molar-refractivity contribution is 6.07. The summed E-state index contributed by atoms with van der Waals surface area (Å²) in [6, 6.07) is 13.0. The molecule has 2 amide bonds. The molecule has 0 bridgehead atoms. The van der Waals surface area contributed by atoms with Crippen LogP contribution in [0.3, 0.4) is 0 Å². The average molecular weight is 347 g/mol. The molecule has 1 aromatic heterocycles. The molecule has 5 nitrogen and oxygen atoms in total. The number of aromatic nitrogens is 1. The lowest BCUT2D eigenvalue weighted by Crippen LogP contribution is -2.42. The summed E-state index contributed by atoms with van der Waals surface area (Å²) in [7, 11) is 0. The standard InChI is InChI=1S/C21H21N3O2/c1-12-5-7-16(14(3)9-12)20(25)23-24-21(26)18-11-15(4)22-19-8-6-13(2)10-17(18)19/h5-11H,1-4H3,(H,23,25)(H,24,26). The second kappa shape index (κ2) is 6.96. The Morgan fingerprint density at radius 1 is 0.769 bits per heavy atom. The van der Waals surface area contributed by atoms with E-state index in [1.54, 1.807) is 12.1 Å². The number of fused-ring (bicyclic) bond motifs is 1. The first kappa shape index (κ1) is 17.6. The molecule has 26 heavy (non-hydrogen) atoms. The van der Waals surface area contributed by atoms with E-state index in [0.717, 1.165) is 33.3 Å². The van der Waals surface area contributed by atoms with Gasteiger partial charge in [-0.25, -0.2) is 0 Å². The van der Waals surface area contributed by atoms with Crippen molar-refractivity contribution >= 4 is 22.7 Å². The number of carbonyl (C=O) groups is 2. The van der Waals surface area contributed by atoms with E-state index in [4.69, 9.17) is 0 Å². The molecule has 5 heteroatoms. The predicted octanol–water partition coefficient (Wildman–Crippen LogP) is 3.54. The third-order valence-corrected chi connectivity index (χ3v) is 4.25. The van der Waals surface area contributed by atoms with E-state index in [-0.39, 0.29) is 11.8 Å². The Morgan fingerprint density at radius 2 is 1.38 bits per heavy atom. The molecule has 2 aromatic carbocycles. The summed E-state index contributed by atoms with van der Waals surface area (Å²) in [6.07, 6.45) is 0. The number of rotatable bonds is 2. The fourth-order valence-corrected chi connectivity index (χ4v) is 2.98. The van der Waals surface area contributed by atoms with Crippen LogP contribution >= 0.6 is 0 Å². The van der Waals surface area contributed by atoms with Crippen molar-refractivity contribution in [2.45, 2.75) is 27.7 Å². The quantitative estimate of drug-likeness (QED) is 0.697. The lowest BCUT2D eigenvalue weighted by molar-refractivity contribution is 0.0847. The van der Waals surface area contributed by atoms with Gasteiger partial charge in [-0.1, -0.05) is 29.3 Å². The summed E-state index contributed by atoms with van der Waals surface area (Å²) >= 11 is 0. The van der Waals surface area contributed by atoms with Crippen LogP contribution in [0.1, 0.15) is 43.1 Å². The first-order valence-electron chi connectivity index (χ1n) is 8.41. The molecule has 1 heterocycles. The van der Waals surface area contributed by atoms with Crippen LogP contribution in [0.25, 0.3) is 10.9 Å². The summed E-state index contributed by atoms with van der Waals surface area (Å²) in [5, 5.41) is 0.758. The molecule has 0 aliphatic rings. The smallest absolute Gasteiger partial charge is 0.267 e. The third kappa shape index (κ3) is 3.57. The van der Waals surface area contributed by atoms with Gasteiger partial charge >= 0.3 is 0 Å². The molecule has 0 fully saturated rings. The highest BCUT2D eigenvalue weighted by atomic mass is 16.2. The van der Waals surface area contributed by atoms with Crippen LogP contribution in [-0.4, -0.2) is 16.8 Å². The normalized spacial score (nSPS) is 10.6. The molecular weight excluding hydrogens is 326 g/mol. The number of amides is 2. The maximum atomic E-state index is 12.6. The molecule has 3 rings (SSSR count). The Labute approximate surface area is 152 Å². The summed E-state index contributed by atoms with van der Waals surface area (Å²) < 4.78 is 0. The highest BCUT2D eigenvalue weighted by Gasteiger charge is 2.14. The lowest BCUT2D eigenvalue weighted by Gasteiger charge is -2.12. The summed E-state index contributed by atoms with van der Waals surface area (Å²) in [4.78, 5) is 29.5. The average Bonchev–Trinajstić information content (AvgIpc) is 2.59. The minimum absolute atomic E-state index is 0.345. The SMILES string of the molecule is Cc1ccc(C(=O)NNC(=O)c2cc(C)nc3ccc(C)cc23)c(C)c1. The van der Waals surface area contributed by atoms with Crippen molar-refractivity contribution in [1.82, 2.24) is 15.8 Å². The summed E-state index contributed by atoms with van der Waals surface area (Å²) in [5.41, 5.74) is 10.5. The number of nitrogens with zero attached hydrogens (tertiary/aromatic N) is 1. The summed E-state index contributed by atoms with van der Waals surface area (Å²) in [5.74, 6) is -0.716. The molecule has 3 aromatic rings. The van der Waals surface area contributed by atoms with E-state index in [0.29, 0.717) is 11.1 Å². The Kier molecular flexibility index (Phi) is 4.71. The van der Waals surface area contributed by atoms with Crippen LogP contribution < -0.4 is 10.9 Å². The number of hydrazine groups is 1. The molecule has 0 saturated heterocycles. The van der Waals surface area contributed by atoms with Gasteiger partial charge in [0.15, 0.2) is 0 Å². The van der Waals surface area contributed by atoms with Crippen molar-refractivity contribution in [1.29, 1.82) is 0 Å². The van der Waals surface area contributed by atoms with Gasteiger partial charge in [0.05, 0.1) is 11.1 Å². The minimum atomic E-state index is -0.371. The molecule has 0 spiro atoms. The van der Waals surface area contributed by atoms with Crippen LogP contribution in [-0.2, 0) is 0 Å². The van der Waals surface area contributed by atoms with Crippen LogP contribution in [0, 0.1) is 27.7 Å². The molecule has 2 N–H and O–H groups in total. The van der Waals surface area contributed by atoms with Crippen molar-refractivity contribution in [3.8, 4) is 0 Å². The van der Waals surface area contributed by atoms with Crippen molar-refractivity contribution in [3.63, 3.8) is 0 Å². The second-order valence-electron chi connectivity index (χ2n) is 6.56. The van der Waals surface area contributed by atoms with Crippen molar-refractivity contribution in [3.05, 3.63) is 76.0 Å². The second-order valence-corrected chi connectivity index (χ2v) is 6.56. The Bertz CT molecular complexity index is 1030. The Morgan fingerprint density at radius 3 is 2.08 bits per heavy atom. The number of aryl methyl sites for hydroxylation is 4. The summed E-state index contributed by atoms with van der Waals surface area (Å²) in [6.45, 7) is 7.63. The van der Waals surface area contributed by atoms with E-state index in [9.17, 15) is 9.59 Å². The first-order valence-corrected chi connectivity index (χ1v) is 8.41. The number of hydrogen-bond acceptors (Lipinski definition) is 3. The van der Waals surface area contributed by atoms with Crippen molar-refractivity contribution < 1.29 is 9.59 Å².